The molecule has 0 saturated carbocycles. The van der Waals surface area contributed by atoms with Crippen LogP contribution in [0.4, 0.5) is 0 Å². The van der Waals surface area contributed by atoms with Gasteiger partial charge in [-0.25, -0.2) is 4.79 Å². The van der Waals surface area contributed by atoms with Gasteiger partial charge in [0, 0.05) is 6.54 Å². The zero-order chi connectivity index (χ0) is 10.6. The predicted octanol–water partition coefficient (Wildman–Crippen LogP) is 0.465. The van der Waals surface area contributed by atoms with Crippen LogP contribution in [-0.4, -0.2) is 24.7 Å². The molecule has 1 aromatic rings. The van der Waals surface area contributed by atoms with E-state index < -0.39 is 12.1 Å². The molecule has 0 aliphatic heterocycles. The van der Waals surface area contributed by atoms with Crippen LogP contribution in [0.25, 0.3) is 0 Å². The second kappa shape index (κ2) is 4.74. The molecule has 0 radical (unpaired) electrons. The summed E-state index contributed by atoms with van der Waals surface area (Å²) in [4.78, 5) is 11.1. The normalized spacial score (nSPS) is 12.2. The van der Waals surface area contributed by atoms with Crippen LogP contribution in [0.15, 0.2) is 24.3 Å². The van der Waals surface area contributed by atoms with Gasteiger partial charge < -0.3 is 15.6 Å². The minimum Gasteiger partial charge on any atom is -0.465 e. The molecule has 0 heterocycles. The van der Waals surface area contributed by atoms with E-state index in [0.717, 1.165) is 0 Å². The summed E-state index contributed by atoms with van der Waals surface area (Å²) in [6.07, 6.45) is -0.736. The number of nitrogens with two attached hydrogens (primary N) is 1. The number of hydrogen-bond donors (Lipinski definition) is 2. The van der Waals surface area contributed by atoms with Crippen molar-refractivity contribution in [2.45, 2.75) is 6.10 Å². The maximum atomic E-state index is 11.1. The maximum absolute atomic E-state index is 11.1. The van der Waals surface area contributed by atoms with Crippen molar-refractivity contribution in [3.8, 4) is 0 Å². The molecule has 0 fully saturated rings. The molecule has 0 amide bonds. The molecule has 0 aromatic heterocycles. The summed E-state index contributed by atoms with van der Waals surface area (Å²) in [5.41, 5.74) is 6.33. The summed E-state index contributed by atoms with van der Waals surface area (Å²) in [6, 6.07) is 6.59. The molecule has 0 spiro atoms. The number of rotatable bonds is 3. The number of esters is 1. The number of aliphatic hydroxyl groups excluding tert-OH is 1. The van der Waals surface area contributed by atoms with E-state index in [1.807, 2.05) is 0 Å². The third-order valence-corrected chi connectivity index (χ3v) is 1.92. The Morgan fingerprint density at radius 3 is 2.93 bits per heavy atom. The third kappa shape index (κ3) is 2.31. The van der Waals surface area contributed by atoms with E-state index in [1.165, 1.54) is 7.11 Å². The standard InChI is InChI=1S/C10H13NO3/c1-14-10(13)8-4-2-3-7(5-8)9(12)6-11/h2-5,9,12H,6,11H2,1H3/t9-/m0/s1. The SMILES string of the molecule is COC(=O)c1cccc([C@@H](O)CN)c1. The van der Waals surface area contributed by atoms with Gasteiger partial charge >= 0.3 is 5.97 Å². The van der Waals surface area contributed by atoms with Crippen LogP contribution in [0, 0.1) is 0 Å². The van der Waals surface area contributed by atoms with Crippen molar-refractivity contribution in [1.82, 2.24) is 0 Å². The molecule has 76 valence electrons. The number of aliphatic hydroxyl groups is 1. The number of methoxy groups -OCH3 is 1. The monoisotopic (exact) mass is 195 g/mol. The van der Waals surface area contributed by atoms with Crippen molar-refractivity contribution in [3.05, 3.63) is 35.4 Å². The highest BCUT2D eigenvalue weighted by molar-refractivity contribution is 5.89. The largest absolute Gasteiger partial charge is 0.465 e. The Hall–Kier alpha value is -1.39. The predicted molar refractivity (Wildman–Crippen MR) is 51.8 cm³/mol. The smallest absolute Gasteiger partial charge is 0.337 e. The molecular weight excluding hydrogens is 182 g/mol. The lowest BCUT2D eigenvalue weighted by molar-refractivity contribution is 0.0600. The number of carbonyl (C=O) groups excluding carboxylic acids is 1. The van der Waals surface area contributed by atoms with Crippen molar-refractivity contribution in [2.75, 3.05) is 13.7 Å². The van der Waals surface area contributed by atoms with Gasteiger partial charge in [-0.2, -0.15) is 0 Å². The van der Waals surface area contributed by atoms with Crippen LogP contribution in [0.1, 0.15) is 22.0 Å². The number of benzene rings is 1. The average molecular weight is 195 g/mol. The van der Waals surface area contributed by atoms with Gasteiger partial charge in [-0.15, -0.1) is 0 Å². The summed E-state index contributed by atoms with van der Waals surface area (Å²) in [5.74, 6) is -0.420. The van der Waals surface area contributed by atoms with E-state index in [4.69, 9.17) is 5.73 Å². The Morgan fingerprint density at radius 2 is 2.36 bits per heavy atom. The van der Waals surface area contributed by atoms with Gasteiger partial charge in [0.25, 0.3) is 0 Å². The first kappa shape index (κ1) is 10.7. The maximum Gasteiger partial charge on any atom is 0.337 e. The molecule has 14 heavy (non-hydrogen) atoms. The summed E-state index contributed by atoms with van der Waals surface area (Å²) in [7, 11) is 1.31. The molecule has 0 aliphatic rings. The Kier molecular flexibility index (Phi) is 3.62. The quantitative estimate of drug-likeness (QED) is 0.687. The Bertz CT molecular complexity index is 325. The molecule has 4 heteroatoms. The van der Waals surface area contributed by atoms with Crippen LogP contribution >= 0.6 is 0 Å². The topological polar surface area (TPSA) is 72.5 Å². The molecule has 0 bridgehead atoms. The molecule has 1 aromatic carbocycles. The lowest BCUT2D eigenvalue weighted by atomic mass is 10.1. The Balaban J connectivity index is 2.95. The highest BCUT2D eigenvalue weighted by Crippen LogP contribution is 2.13. The first-order chi connectivity index (χ1) is 6.69. The number of carbonyl (C=O) groups is 1. The third-order valence-electron chi connectivity index (χ3n) is 1.92. The van der Waals surface area contributed by atoms with Crippen molar-refractivity contribution in [1.29, 1.82) is 0 Å². The van der Waals surface area contributed by atoms with Crippen LogP contribution in [0.5, 0.6) is 0 Å². The van der Waals surface area contributed by atoms with Crippen LogP contribution in [0.3, 0.4) is 0 Å². The van der Waals surface area contributed by atoms with E-state index in [1.54, 1.807) is 24.3 Å². The van der Waals surface area contributed by atoms with Gasteiger partial charge in [0.15, 0.2) is 0 Å². The Morgan fingerprint density at radius 1 is 1.64 bits per heavy atom. The zero-order valence-electron chi connectivity index (χ0n) is 7.93. The van der Waals surface area contributed by atoms with Gasteiger partial charge in [-0.3, -0.25) is 0 Å². The van der Waals surface area contributed by atoms with E-state index in [0.29, 0.717) is 11.1 Å². The number of ether oxygens (including phenoxy) is 1. The summed E-state index contributed by atoms with van der Waals surface area (Å²) >= 11 is 0. The summed E-state index contributed by atoms with van der Waals surface area (Å²) in [5, 5.41) is 9.43. The summed E-state index contributed by atoms with van der Waals surface area (Å²) < 4.78 is 4.55. The van der Waals surface area contributed by atoms with Gasteiger partial charge in [-0.05, 0) is 17.7 Å². The second-order valence-electron chi connectivity index (χ2n) is 2.87. The summed E-state index contributed by atoms with van der Waals surface area (Å²) in [6.45, 7) is 0.130. The van der Waals surface area contributed by atoms with E-state index in [9.17, 15) is 9.90 Å². The first-order valence-corrected chi connectivity index (χ1v) is 4.25. The molecule has 0 saturated heterocycles. The highest BCUT2D eigenvalue weighted by Gasteiger charge is 2.09. The Labute approximate surface area is 82.3 Å². The number of hydrogen-bond acceptors (Lipinski definition) is 4. The molecule has 1 rings (SSSR count). The fourth-order valence-electron chi connectivity index (χ4n) is 1.13. The second-order valence-corrected chi connectivity index (χ2v) is 2.87. The molecular formula is C10H13NO3. The van der Waals surface area contributed by atoms with Crippen molar-refractivity contribution in [2.24, 2.45) is 5.73 Å². The zero-order valence-corrected chi connectivity index (χ0v) is 7.93. The lowest BCUT2D eigenvalue weighted by Crippen LogP contribution is -2.12. The van der Waals surface area contributed by atoms with Gasteiger partial charge in [0.1, 0.15) is 0 Å². The van der Waals surface area contributed by atoms with E-state index in [-0.39, 0.29) is 6.54 Å². The van der Waals surface area contributed by atoms with Gasteiger partial charge in [-0.1, -0.05) is 12.1 Å². The van der Waals surface area contributed by atoms with Crippen LogP contribution in [-0.2, 0) is 4.74 Å². The lowest BCUT2D eigenvalue weighted by Gasteiger charge is -2.08. The van der Waals surface area contributed by atoms with Gasteiger partial charge in [0.2, 0.25) is 0 Å². The minimum atomic E-state index is -0.736. The van der Waals surface area contributed by atoms with E-state index >= 15 is 0 Å². The van der Waals surface area contributed by atoms with Gasteiger partial charge in [0.05, 0.1) is 18.8 Å². The molecule has 1 atom stereocenters. The molecule has 3 N–H and O–H groups in total. The average Bonchev–Trinajstić information content (AvgIpc) is 2.27. The fraction of sp³-hybridized carbons (Fsp3) is 0.300. The van der Waals surface area contributed by atoms with Crippen LogP contribution < -0.4 is 5.73 Å². The van der Waals surface area contributed by atoms with E-state index in [2.05, 4.69) is 4.74 Å². The van der Waals surface area contributed by atoms with Crippen LogP contribution in [0.2, 0.25) is 0 Å². The molecule has 0 unspecified atom stereocenters. The molecule has 0 aliphatic carbocycles. The van der Waals surface area contributed by atoms with Crippen molar-refractivity contribution < 1.29 is 14.6 Å². The minimum absolute atomic E-state index is 0.130. The highest BCUT2D eigenvalue weighted by atomic mass is 16.5. The molecule has 4 nitrogen and oxygen atoms in total. The van der Waals surface area contributed by atoms with Crippen molar-refractivity contribution >= 4 is 5.97 Å². The fourth-order valence-corrected chi connectivity index (χ4v) is 1.13. The van der Waals surface area contributed by atoms with Crippen molar-refractivity contribution in [3.63, 3.8) is 0 Å². The first-order valence-electron chi connectivity index (χ1n) is 4.25.